The zero-order chi connectivity index (χ0) is 19.0. The molecule has 0 aliphatic carbocycles. The van der Waals surface area contributed by atoms with Gasteiger partial charge in [0.15, 0.2) is 5.69 Å². The monoisotopic (exact) mass is 395 g/mol. The number of nitrogens with zero attached hydrogens (tertiary/aromatic N) is 4. The van der Waals surface area contributed by atoms with Gasteiger partial charge in [0.05, 0.1) is 22.4 Å². The molecule has 1 saturated heterocycles. The summed E-state index contributed by atoms with van der Waals surface area (Å²) in [6, 6.07) is 5.33. The summed E-state index contributed by atoms with van der Waals surface area (Å²) >= 11 is 1.04. The van der Waals surface area contributed by atoms with Gasteiger partial charge in [0.25, 0.3) is 0 Å². The minimum atomic E-state index is -4.41. The highest BCUT2D eigenvalue weighted by Gasteiger charge is 2.35. The number of piperidine rings is 1. The molecule has 0 unspecified atom stereocenters. The van der Waals surface area contributed by atoms with Crippen molar-refractivity contribution < 1.29 is 18.0 Å². The molecule has 10 heteroatoms. The van der Waals surface area contributed by atoms with Crippen LogP contribution in [0.1, 0.15) is 29.5 Å². The van der Waals surface area contributed by atoms with Crippen molar-refractivity contribution >= 4 is 28.6 Å². The van der Waals surface area contributed by atoms with Crippen molar-refractivity contribution in [1.29, 1.82) is 0 Å². The molecule has 0 aromatic carbocycles. The van der Waals surface area contributed by atoms with E-state index in [4.69, 9.17) is 0 Å². The number of alkyl halides is 3. The summed E-state index contributed by atoms with van der Waals surface area (Å²) in [5.41, 5.74) is 0.580. The van der Waals surface area contributed by atoms with Gasteiger partial charge in [-0.1, -0.05) is 6.07 Å². The topological polar surface area (TPSA) is 62.5 Å². The van der Waals surface area contributed by atoms with Crippen LogP contribution >= 0.6 is 11.3 Å². The zero-order valence-corrected chi connectivity index (χ0v) is 14.9. The summed E-state index contributed by atoms with van der Waals surface area (Å²) in [4.78, 5) is 17.9. The second-order valence-electron chi connectivity index (χ2n) is 6.35. The molecule has 0 atom stereocenters. The maximum absolute atomic E-state index is 12.7. The van der Waals surface area contributed by atoms with Crippen LogP contribution in [0.5, 0.6) is 0 Å². The number of anilines is 1. The largest absolute Gasteiger partial charge is 0.434 e. The Morgan fingerprint density at radius 1 is 1.26 bits per heavy atom. The van der Waals surface area contributed by atoms with Crippen LogP contribution in [0.15, 0.2) is 36.0 Å². The molecule has 3 aromatic heterocycles. The molecule has 3 aromatic rings. The van der Waals surface area contributed by atoms with E-state index in [2.05, 4.69) is 15.4 Å². The lowest BCUT2D eigenvalue weighted by molar-refractivity contribution is -0.140. The number of halogens is 3. The fourth-order valence-corrected chi connectivity index (χ4v) is 4.16. The number of hydrogen-bond donors (Lipinski definition) is 1. The van der Waals surface area contributed by atoms with Gasteiger partial charge in [0, 0.05) is 30.6 Å². The van der Waals surface area contributed by atoms with Gasteiger partial charge in [0.2, 0.25) is 0 Å². The lowest BCUT2D eigenvalue weighted by atomic mass is 9.98. The Balaban J connectivity index is 1.37. The highest BCUT2D eigenvalue weighted by atomic mass is 32.1. The Hall–Kier alpha value is -2.62. The molecular weight excluding hydrogens is 379 g/mol. The van der Waals surface area contributed by atoms with Crippen molar-refractivity contribution in [3.8, 4) is 0 Å². The maximum Gasteiger partial charge on any atom is 0.434 e. The van der Waals surface area contributed by atoms with Gasteiger partial charge in [-0.15, -0.1) is 11.3 Å². The smallest absolute Gasteiger partial charge is 0.324 e. The van der Waals surface area contributed by atoms with Crippen LogP contribution in [0.2, 0.25) is 0 Å². The van der Waals surface area contributed by atoms with Gasteiger partial charge in [0.1, 0.15) is 0 Å². The number of carbonyl (C=O) groups is 1. The molecule has 1 aliphatic rings. The molecular formula is C17H16F3N5OS. The number of aromatic nitrogens is 3. The van der Waals surface area contributed by atoms with Crippen molar-refractivity contribution in [1.82, 2.24) is 19.5 Å². The number of rotatable bonds is 2. The van der Waals surface area contributed by atoms with Crippen LogP contribution in [0.3, 0.4) is 0 Å². The SMILES string of the molecule is O=C(Nc1cnn2ccccc12)N1CCC(c2nc(C(F)(F)F)cs2)CC1. The highest BCUT2D eigenvalue weighted by Crippen LogP contribution is 2.35. The van der Waals surface area contributed by atoms with Gasteiger partial charge in [-0.05, 0) is 25.0 Å². The number of pyridine rings is 1. The summed E-state index contributed by atoms with van der Waals surface area (Å²) in [6.07, 6.45) is 0.150. The van der Waals surface area contributed by atoms with E-state index in [0.717, 1.165) is 22.2 Å². The quantitative estimate of drug-likeness (QED) is 0.707. The van der Waals surface area contributed by atoms with Crippen LogP contribution in [0.4, 0.5) is 23.7 Å². The number of nitrogens with one attached hydrogen (secondary N) is 1. The molecule has 1 fully saturated rings. The first-order valence-electron chi connectivity index (χ1n) is 8.43. The van der Waals surface area contributed by atoms with Crippen LogP contribution in [-0.4, -0.2) is 38.6 Å². The fraction of sp³-hybridized carbons (Fsp3) is 0.353. The first-order valence-corrected chi connectivity index (χ1v) is 9.31. The van der Waals surface area contributed by atoms with E-state index < -0.39 is 11.9 Å². The number of urea groups is 1. The van der Waals surface area contributed by atoms with Crippen LogP contribution in [0, 0.1) is 0 Å². The third-order valence-electron chi connectivity index (χ3n) is 4.61. The molecule has 0 radical (unpaired) electrons. The summed E-state index contributed by atoms with van der Waals surface area (Å²) in [6.45, 7) is 0.938. The summed E-state index contributed by atoms with van der Waals surface area (Å²) < 4.78 is 39.8. The highest BCUT2D eigenvalue weighted by molar-refractivity contribution is 7.09. The summed E-state index contributed by atoms with van der Waals surface area (Å²) in [7, 11) is 0. The molecule has 6 nitrogen and oxygen atoms in total. The number of carbonyl (C=O) groups excluding carboxylic acids is 1. The van der Waals surface area contributed by atoms with E-state index in [1.54, 1.807) is 21.8 Å². The van der Waals surface area contributed by atoms with Crippen molar-refractivity contribution in [3.63, 3.8) is 0 Å². The van der Waals surface area contributed by atoms with Crippen LogP contribution in [-0.2, 0) is 6.18 Å². The molecule has 27 heavy (non-hydrogen) atoms. The minimum absolute atomic E-state index is 0.0490. The first kappa shape index (κ1) is 17.8. The molecule has 4 heterocycles. The number of amides is 2. The van der Waals surface area contributed by atoms with Crippen molar-refractivity contribution in [2.24, 2.45) is 0 Å². The van der Waals surface area contributed by atoms with Crippen LogP contribution in [0.25, 0.3) is 5.52 Å². The Morgan fingerprint density at radius 2 is 2.04 bits per heavy atom. The van der Waals surface area contributed by atoms with Crippen molar-refractivity contribution in [2.45, 2.75) is 24.9 Å². The number of thiazole rings is 1. The van der Waals surface area contributed by atoms with E-state index >= 15 is 0 Å². The van der Waals surface area contributed by atoms with E-state index in [1.807, 2.05) is 18.2 Å². The van der Waals surface area contributed by atoms with E-state index in [9.17, 15) is 18.0 Å². The van der Waals surface area contributed by atoms with E-state index in [0.29, 0.717) is 36.6 Å². The second-order valence-corrected chi connectivity index (χ2v) is 7.24. The molecule has 1 aliphatic heterocycles. The molecule has 142 valence electrons. The third kappa shape index (κ3) is 3.61. The second kappa shape index (κ2) is 6.84. The number of likely N-dealkylation sites (tertiary alicyclic amines) is 1. The van der Waals surface area contributed by atoms with Crippen LogP contribution < -0.4 is 5.32 Å². The Bertz CT molecular complexity index is 959. The van der Waals surface area contributed by atoms with Crippen molar-refractivity contribution in [3.05, 3.63) is 46.7 Å². The van der Waals surface area contributed by atoms with E-state index in [1.165, 1.54) is 0 Å². The molecule has 0 bridgehead atoms. The minimum Gasteiger partial charge on any atom is -0.324 e. The van der Waals surface area contributed by atoms with Gasteiger partial charge >= 0.3 is 12.2 Å². The van der Waals surface area contributed by atoms with Gasteiger partial charge in [-0.2, -0.15) is 18.3 Å². The molecule has 0 spiro atoms. The molecule has 2 amide bonds. The third-order valence-corrected chi connectivity index (χ3v) is 5.62. The van der Waals surface area contributed by atoms with Crippen molar-refractivity contribution in [2.75, 3.05) is 18.4 Å². The number of fused-ring (bicyclic) bond motifs is 1. The summed E-state index contributed by atoms with van der Waals surface area (Å²) in [5.74, 6) is -0.0490. The summed E-state index contributed by atoms with van der Waals surface area (Å²) in [5, 5.41) is 8.58. The molecule has 1 N–H and O–H groups in total. The molecule has 4 rings (SSSR count). The maximum atomic E-state index is 12.7. The standard InChI is InChI=1S/C17H16F3N5OS/c18-17(19,20)14-10-27-15(23-14)11-4-7-24(8-5-11)16(26)22-12-9-21-25-6-2-1-3-13(12)25/h1-3,6,9-11H,4-5,7-8H2,(H,22,26). The predicted octanol–water partition coefficient (Wildman–Crippen LogP) is 4.22. The Labute approximate surface area is 156 Å². The predicted molar refractivity (Wildman–Crippen MR) is 94.9 cm³/mol. The van der Waals surface area contributed by atoms with E-state index in [-0.39, 0.29) is 11.9 Å². The zero-order valence-electron chi connectivity index (χ0n) is 14.1. The average Bonchev–Trinajstić information content (AvgIpc) is 3.30. The normalized spacial score (nSPS) is 16.0. The molecule has 0 saturated carbocycles. The van der Waals surface area contributed by atoms with Gasteiger partial charge in [-0.25, -0.2) is 14.3 Å². The lowest BCUT2D eigenvalue weighted by Gasteiger charge is -2.31. The number of hydrogen-bond acceptors (Lipinski definition) is 4. The average molecular weight is 395 g/mol. The Kier molecular flexibility index (Phi) is 4.50. The lowest BCUT2D eigenvalue weighted by Crippen LogP contribution is -2.40. The fourth-order valence-electron chi connectivity index (χ4n) is 3.16. The first-order chi connectivity index (χ1) is 12.9. The Morgan fingerprint density at radius 3 is 2.74 bits per heavy atom. The van der Waals surface area contributed by atoms with Gasteiger partial charge < -0.3 is 10.2 Å². The van der Waals surface area contributed by atoms with Gasteiger partial charge in [-0.3, -0.25) is 0 Å².